The molecule has 0 N–H and O–H groups in total. The molecule has 6 nitrogen and oxygen atoms in total. The topological polar surface area (TPSA) is 70.2 Å². The zero-order chi connectivity index (χ0) is 14.7. The standard InChI is InChI=1S/C12H12ClN3O3S/c1-2-15-11(14-6-12(15)16(17)18)7-19-8-3-4-10(20)9(13)5-8/h3-6,20H,2,7H2,1H3. The molecule has 0 saturated carbocycles. The molecule has 0 unspecified atom stereocenters. The van der Waals surface area contributed by atoms with Crippen LogP contribution in [0.5, 0.6) is 5.75 Å². The minimum atomic E-state index is -0.466. The van der Waals surface area contributed by atoms with Gasteiger partial charge in [0.2, 0.25) is 5.82 Å². The number of halogens is 1. The maximum Gasteiger partial charge on any atom is 0.342 e. The van der Waals surface area contributed by atoms with Crippen LogP contribution in [0.15, 0.2) is 29.3 Å². The summed E-state index contributed by atoms with van der Waals surface area (Å²) in [5.74, 6) is 1.00. The molecule has 0 spiro atoms. The first-order valence-electron chi connectivity index (χ1n) is 5.83. The van der Waals surface area contributed by atoms with E-state index in [9.17, 15) is 10.1 Å². The molecule has 0 amide bonds. The summed E-state index contributed by atoms with van der Waals surface area (Å²) in [6, 6.07) is 5.08. The summed E-state index contributed by atoms with van der Waals surface area (Å²) >= 11 is 10.1. The summed E-state index contributed by atoms with van der Waals surface area (Å²) in [5.41, 5.74) is 0. The second-order valence-corrected chi connectivity index (χ2v) is 4.82. The van der Waals surface area contributed by atoms with Crippen molar-refractivity contribution in [1.29, 1.82) is 0 Å². The van der Waals surface area contributed by atoms with Gasteiger partial charge >= 0.3 is 5.82 Å². The van der Waals surface area contributed by atoms with E-state index in [4.69, 9.17) is 16.3 Å². The molecule has 0 aliphatic rings. The third kappa shape index (κ3) is 3.05. The van der Waals surface area contributed by atoms with Crippen molar-refractivity contribution in [3.63, 3.8) is 0 Å². The summed E-state index contributed by atoms with van der Waals surface area (Å²) in [4.78, 5) is 15.0. The fourth-order valence-corrected chi connectivity index (χ4v) is 2.04. The Labute approximate surface area is 125 Å². The Morgan fingerprint density at radius 1 is 1.55 bits per heavy atom. The number of nitro groups is 1. The Balaban J connectivity index is 2.14. The van der Waals surface area contributed by atoms with Crippen LogP contribution in [-0.2, 0) is 13.2 Å². The summed E-state index contributed by atoms with van der Waals surface area (Å²) < 4.78 is 7.03. The molecule has 1 aromatic heterocycles. The van der Waals surface area contributed by atoms with Crippen molar-refractivity contribution in [2.24, 2.45) is 0 Å². The number of imidazole rings is 1. The lowest BCUT2D eigenvalue weighted by molar-refractivity contribution is -0.392. The molecule has 0 bridgehead atoms. The predicted molar refractivity (Wildman–Crippen MR) is 77.6 cm³/mol. The Kier molecular flexibility index (Phi) is 4.51. The van der Waals surface area contributed by atoms with E-state index in [1.807, 2.05) is 6.92 Å². The Bertz CT molecular complexity index is 645. The first-order chi connectivity index (χ1) is 9.52. The van der Waals surface area contributed by atoms with Crippen LogP contribution in [0.3, 0.4) is 0 Å². The summed E-state index contributed by atoms with van der Waals surface area (Å²) in [6.45, 7) is 2.39. The van der Waals surface area contributed by atoms with Gasteiger partial charge in [0.25, 0.3) is 0 Å². The van der Waals surface area contributed by atoms with Crippen LogP contribution in [0, 0.1) is 10.1 Å². The fraction of sp³-hybridized carbons (Fsp3) is 0.250. The summed E-state index contributed by atoms with van der Waals surface area (Å²) in [5, 5.41) is 11.3. The van der Waals surface area contributed by atoms with E-state index >= 15 is 0 Å². The highest BCUT2D eigenvalue weighted by molar-refractivity contribution is 7.80. The number of hydrogen-bond donors (Lipinski definition) is 1. The van der Waals surface area contributed by atoms with E-state index in [2.05, 4.69) is 17.6 Å². The molecule has 0 aliphatic heterocycles. The highest BCUT2D eigenvalue weighted by Gasteiger charge is 2.18. The largest absolute Gasteiger partial charge is 0.483 e. The van der Waals surface area contributed by atoms with Crippen molar-refractivity contribution in [2.45, 2.75) is 25.0 Å². The quantitative estimate of drug-likeness (QED) is 0.522. The lowest BCUT2D eigenvalue weighted by Crippen LogP contribution is -2.08. The molecule has 1 heterocycles. The van der Waals surface area contributed by atoms with Gasteiger partial charge in [-0.1, -0.05) is 11.6 Å². The van der Waals surface area contributed by atoms with Crippen LogP contribution in [0.25, 0.3) is 0 Å². The molecule has 0 saturated heterocycles. The predicted octanol–water partition coefficient (Wildman–Crippen LogP) is 3.33. The first-order valence-corrected chi connectivity index (χ1v) is 6.65. The molecule has 2 aromatic rings. The monoisotopic (exact) mass is 313 g/mol. The number of aromatic nitrogens is 2. The number of hydrogen-bond acceptors (Lipinski definition) is 5. The van der Waals surface area contributed by atoms with E-state index < -0.39 is 4.92 Å². The Morgan fingerprint density at radius 2 is 2.30 bits per heavy atom. The number of ether oxygens (including phenoxy) is 1. The van der Waals surface area contributed by atoms with Gasteiger partial charge in [0.05, 0.1) is 11.6 Å². The van der Waals surface area contributed by atoms with Gasteiger partial charge in [0.1, 0.15) is 11.9 Å². The van der Waals surface area contributed by atoms with Crippen LogP contribution < -0.4 is 4.74 Å². The van der Waals surface area contributed by atoms with Crippen LogP contribution in [-0.4, -0.2) is 14.5 Å². The fourth-order valence-electron chi connectivity index (χ4n) is 1.73. The van der Waals surface area contributed by atoms with Gasteiger partial charge in [-0.15, -0.1) is 12.6 Å². The van der Waals surface area contributed by atoms with Gasteiger partial charge in [-0.2, -0.15) is 0 Å². The summed E-state index contributed by atoms with van der Waals surface area (Å²) in [7, 11) is 0. The number of nitrogens with zero attached hydrogens (tertiary/aromatic N) is 3. The van der Waals surface area contributed by atoms with E-state index in [1.54, 1.807) is 18.2 Å². The number of thiol groups is 1. The van der Waals surface area contributed by atoms with Crippen LogP contribution in [0.4, 0.5) is 5.82 Å². The Morgan fingerprint density at radius 3 is 2.90 bits per heavy atom. The number of benzene rings is 1. The smallest absolute Gasteiger partial charge is 0.342 e. The number of rotatable bonds is 5. The van der Waals surface area contributed by atoms with Crippen LogP contribution in [0.2, 0.25) is 5.02 Å². The molecular weight excluding hydrogens is 302 g/mol. The second-order valence-electron chi connectivity index (χ2n) is 3.94. The van der Waals surface area contributed by atoms with Gasteiger partial charge in [-0.05, 0) is 30.0 Å². The minimum Gasteiger partial charge on any atom is -0.483 e. The minimum absolute atomic E-state index is 0.0464. The van der Waals surface area contributed by atoms with Gasteiger partial charge in [0.15, 0.2) is 6.61 Å². The third-order valence-corrected chi connectivity index (χ3v) is 3.54. The zero-order valence-corrected chi connectivity index (χ0v) is 12.3. The molecule has 2 rings (SSSR count). The molecule has 20 heavy (non-hydrogen) atoms. The van der Waals surface area contributed by atoms with Crippen molar-refractivity contribution < 1.29 is 9.66 Å². The highest BCUT2D eigenvalue weighted by atomic mass is 35.5. The van der Waals surface area contributed by atoms with Crippen LogP contribution in [0.1, 0.15) is 12.7 Å². The maximum absolute atomic E-state index is 10.8. The average molecular weight is 314 g/mol. The first kappa shape index (κ1) is 14.7. The van der Waals surface area contributed by atoms with Gasteiger partial charge in [-0.25, -0.2) is 9.55 Å². The SMILES string of the molecule is CCn1c([N+](=O)[O-])cnc1COc1ccc(S)c(Cl)c1. The molecule has 106 valence electrons. The van der Waals surface area contributed by atoms with Crippen molar-refractivity contribution in [3.05, 3.63) is 45.4 Å². The van der Waals surface area contributed by atoms with Crippen molar-refractivity contribution in [1.82, 2.24) is 9.55 Å². The van der Waals surface area contributed by atoms with E-state index in [0.29, 0.717) is 28.0 Å². The van der Waals surface area contributed by atoms with Gasteiger partial charge in [0, 0.05) is 4.90 Å². The van der Waals surface area contributed by atoms with Crippen molar-refractivity contribution in [3.8, 4) is 5.75 Å². The van der Waals surface area contributed by atoms with Gasteiger partial charge < -0.3 is 14.9 Å². The van der Waals surface area contributed by atoms with E-state index in [1.165, 1.54) is 10.8 Å². The van der Waals surface area contributed by atoms with Gasteiger partial charge in [-0.3, -0.25) is 0 Å². The molecule has 0 aliphatic carbocycles. The third-order valence-electron chi connectivity index (χ3n) is 2.71. The van der Waals surface area contributed by atoms with E-state index in [-0.39, 0.29) is 12.4 Å². The zero-order valence-electron chi connectivity index (χ0n) is 10.6. The van der Waals surface area contributed by atoms with E-state index in [0.717, 1.165) is 0 Å². The van der Waals surface area contributed by atoms with Crippen molar-refractivity contribution in [2.75, 3.05) is 0 Å². The normalized spacial score (nSPS) is 10.6. The highest BCUT2D eigenvalue weighted by Crippen LogP contribution is 2.25. The molecule has 8 heteroatoms. The average Bonchev–Trinajstić information content (AvgIpc) is 2.83. The Hall–Kier alpha value is -1.73. The molecular formula is C12H12ClN3O3S. The maximum atomic E-state index is 10.8. The lowest BCUT2D eigenvalue weighted by atomic mass is 10.3. The van der Waals surface area contributed by atoms with Crippen LogP contribution >= 0.6 is 24.2 Å². The molecule has 0 radical (unpaired) electrons. The summed E-state index contributed by atoms with van der Waals surface area (Å²) in [6.07, 6.45) is 1.23. The molecule has 0 fully saturated rings. The molecule has 0 atom stereocenters. The molecule has 1 aromatic carbocycles. The lowest BCUT2D eigenvalue weighted by Gasteiger charge is -2.06. The second kappa shape index (κ2) is 6.15. The van der Waals surface area contributed by atoms with Crippen molar-refractivity contribution >= 4 is 30.0 Å².